The van der Waals surface area contributed by atoms with E-state index in [4.69, 9.17) is 11.6 Å². The van der Waals surface area contributed by atoms with Crippen molar-refractivity contribution in [2.45, 2.75) is 6.42 Å². The van der Waals surface area contributed by atoms with Crippen LogP contribution in [0.2, 0.25) is 0 Å². The lowest BCUT2D eigenvalue weighted by Crippen LogP contribution is -2.15. The van der Waals surface area contributed by atoms with Gasteiger partial charge in [-0.15, -0.1) is 11.6 Å². The SMILES string of the molecule is Cn1ncnc1NC(=O)CCCl. The molecule has 5 nitrogen and oxygen atoms in total. The van der Waals surface area contributed by atoms with Gasteiger partial charge in [0, 0.05) is 19.3 Å². The smallest absolute Gasteiger partial charge is 0.227 e. The van der Waals surface area contributed by atoms with Gasteiger partial charge in [-0.1, -0.05) is 0 Å². The molecule has 0 atom stereocenters. The summed E-state index contributed by atoms with van der Waals surface area (Å²) in [5, 5.41) is 6.34. The first kappa shape index (κ1) is 8.99. The van der Waals surface area contributed by atoms with E-state index >= 15 is 0 Å². The lowest BCUT2D eigenvalue weighted by atomic mass is 10.4. The van der Waals surface area contributed by atoms with Crippen LogP contribution < -0.4 is 5.32 Å². The minimum absolute atomic E-state index is 0.152. The molecular formula is C6H9ClN4O. The molecule has 0 saturated heterocycles. The number of aryl methyl sites for hydroxylation is 1. The van der Waals surface area contributed by atoms with Crippen molar-refractivity contribution < 1.29 is 4.79 Å². The summed E-state index contributed by atoms with van der Waals surface area (Å²) in [6, 6.07) is 0. The van der Waals surface area contributed by atoms with Gasteiger partial charge in [0.2, 0.25) is 11.9 Å². The fourth-order valence-electron chi connectivity index (χ4n) is 0.682. The molecule has 1 heterocycles. The molecular weight excluding hydrogens is 180 g/mol. The van der Waals surface area contributed by atoms with Gasteiger partial charge in [0.25, 0.3) is 0 Å². The van der Waals surface area contributed by atoms with E-state index in [0.29, 0.717) is 11.8 Å². The van der Waals surface area contributed by atoms with E-state index in [2.05, 4.69) is 15.4 Å². The number of amides is 1. The second-order valence-electron chi connectivity index (χ2n) is 2.19. The zero-order valence-corrected chi connectivity index (χ0v) is 7.38. The summed E-state index contributed by atoms with van der Waals surface area (Å²) in [6.45, 7) is 0. The predicted octanol–water partition coefficient (Wildman–Crippen LogP) is 0.383. The van der Waals surface area contributed by atoms with Gasteiger partial charge < -0.3 is 0 Å². The topological polar surface area (TPSA) is 59.8 Å². The molecule has 0 unspecified atom stereocenters. The maximum atomic E-state index is 11.0. The van der Waals surface area contributed by atoms with Gasteiger partial charge >= 0.3 is 0 Å². The molecule has 1 rings (SSSR count). The molecule has 0 aliphatic carbocycles. The van der Waals surface area contributed by atoms with Crippen LogP contribution >= 0.6 is 11.6 Å². The van der Waals surface area contributed by atoms with Crippen molar-refractivity contribution in [3.05, 3.63) is 6.33 Å². The summed E-state index contributed by atoms with van der Waals surface area (Å²) in [7, 11) is 1.70. The van der Waals surface area contributed by atoms with Gasteiger partial charge in [-0.25, -0.2) is 4.68 Å². The summed E-state index contributed by atoms with van der Waals surface area (Å²) in [6.07, 6.45) is 1.66. The third kappa shape index (κ3) is 2.20. The van der Waals surface area contributed by atoms with E-state index in [1.807, 2.05) is 0 Å². The maximum absolute atomic E-state index is 11.0. The Balaban J connectivity index is 2.52. The number of nitrogens with zero attached hydrogens (tertiary/aromatic N) is 3. The van der Waals surface area contributed by atoms with Crippen molar-refractivity contribution in [2.24, 2.45) is 7.05 Å². The fourth-order valence-corrected chi connectivity index (χ4v) is 0.854. The van der Waals surface area contributed by atoms with Crippen LogP contribution in [0.3, 0.4) is 0 Å². The molecule has 0 bridgehead atoms. The van der Waals surface area contributed by atoms with Crippen LogP contribution in [0, 0.1) is 0 Å². The van der Waals surface area contributed by atoms with E-state index in [9.17, 15) is 4.79 Å². The molecule has 0 aromatic carbocycles. The molecule has 1 aromatic rings. The van der Waals surface area contributed by atoms with E-state index in [-0.39, 0.29) is 12.3 Å². The average Bonchev–Trinajstić information content (AvgIpc) is 2.37. The van der Waals surface area contributed by atoms with Crippen molar-refractivity contribution in [3.8, 4) is 0 Å². The number of alkyl halides is 1. The largest absolute Gasteiger partial charge is 0.295 e. The number of nitrogens with one attached hydrogen (secondary N) is 1. The van der Waals surface area contributed by atoms with Gasteiger partial charge in [0.15, 0.2) is 0 Å². The zero-order chi connectivity index (χ0) is 8.97. The average molecular weight is 189 g/mol. The molecule has 0 aliphatic rings. The van der Waals surface area contributed by atoms with E-state index in [0.717, 1.165) is 0 Å². The van der Waals surface area contributed by atoms with Crippen LogP contribution in [0.25, 0.3) is 0 Å². The second-order valence-corrected chi connectivity index (χ2v) is 2.57. The van der Waals surface area contributed by atoms with Crippen LogP contribution in [-0.2, 0) is 11.8 Å². The third-order valence-corrected chi connectivity index (χ3v) is 1.47. The van der Waals surface area contributed by atoms with Crippen LogP contribution in [-0.4, -0.2) is 26.6 Å². The monoisotopic (exact) mass is 188 g/mol. The highest BCUT2D eigenvalue weighted by atomic mass is 35.5. The molecule has 0 spiro atoms. The number of aromatic nitrogens is 3. The lowest BCUT2D eigenvalue weighted by molar-refractivity contribution is -0.115. The van der Waals surface area contributed by atoms with Crippen LogP contribution in [0.4, 0.5) is 5.95 Å². The maximum Gasteiger partial charge on any atom is 0.227 e. The van der Waals surface area contributed by atoms with Crippen molar-refractivity contribution in [1.29, 1.82) is 0 Å². The van der Waals surface area contributed by atoms with Gasteiger partial charge in [0.1, 0.15) is 6.33 Å². The van der Waals surface area contributed by atoms with Gasteiger partial charge in [-0.2, -0.15) is 10.1 Å². The van der Waals surface area contributed by atoms with Gasteiger partial charge in [-0.05, 0) is 0 Å². The van der Waals surface area contributed by atoms with Gasteiger partial charge in [-0.3, -0.25) is 10.1 Å². The number of hydrogen-bond donors (Lipinski definition) is 1. The fraction of sp³-hybridized carbons (Fsp3) is 0.500. The molecule has 0 fully saturated rings. The summed E-state index contributed by atoms with van der Waals surface area (Å²) < 4.78 is 1.48. The Morgan fingerprint density at radius 2 is 2.58 bits per heavy atom. The Labute approximate surface area is 74.7 Å². The first-order valence-electron chi connectivity index (χ1n) is 3.44. The highest BCUT2D eigenvalue weighted by Crippen LogP contribution is 1.98. The summed E-state index contributed by atoms with van der Waals surface area (Å²) in [5.41, 5.74) is 0. The van der Waals surface area contributed by atoms with Crippen molar-refractivity contribution in [3.63, 3.8) is 0 Å². The van der Waals surface area contributed by atoms with E-state index in [1.54, 1.807) is 7.05 Å². The number of carbonyl (C=O) groups excluding carboxylic acids is 1. The molecule has 66 valence electrons. The second kappa shape index (κ2) is 4.06. The Bertz CT molecular complexity index is 272. The molecule has 1 aromatic heterocycles. The quantitative estimate of drug-likeness (QED) is 0.698. The minimum atomic E-state index is -0.152. The summed E-state index contributed by atoms with van der Waals surface area (Å²) in [5.74, 6) is 0.593. The Morgan fingerprint density at radius 1 is 1.83 bits per heavy atom. The standard InChI is InChI=1S/C6H9ClN4O/c1-11-6(8-4-9-11)10-5(12)2-3-7/h4H,2-3H2,1H3,(H,8,9,10,12). The van der Waals surface area contributed by atoms with E-state index < -0.39 is 0 Å². The molecule has 1 amide bonds. The number of hydrogen-bond acceptors (Lipinski definition) is 3. The molecule has 1 N–H and O–H groups in total. The Morgan fingerprint density at radius 3 is 3.08 bits per heavy atom. The zero-order valence-electron chi connectivity index (χ0n) is 6.62. The van der Waals surface area contributed by atoms with Crippen LogP contribution in [0.1, 0.15) is 6.42 Å². The van der Waals surface area contributed by atoms with Crippen LogP contribution in [0.15, 0.2) is 6.33 Å². The third-order valence-electron chi connectivity index (χ3n) is 1.28. The van der Waals surface area contributed by atoms with Crippen LogP contribution in [0.5, 0.6) is 0 Å². The molecule has 6 heteroatoms. The summed E-state index contributed by atoms with van der Waals surface area (Å²) in [4.78, 5) is 14.8. The van der Waals surface area contributed by atoms with E-state index in [1.165, 1.54) is 11.0 Å². The predicted molar refractivity (Wildman–Crippen MR) is 45.0 cm³/mol. The normalized spacial score (nSPS) is 9.83. The van der Waals surface area contributed by atoms with Crippen molar-refractivity contribution >= 4 is 23.5 Å². The number of halogens is 1. The number of carbonyl (C=O) groups is 1. The first-order valence-corrected chi connectivity index (χ1v) is 3.97. The van der Waals surface area contributed by atoms with Gasteiger partial charge in [0.05, 0.1) is 0 Å². The summed E-state index contributed by atoms with van der Waals surface area (Å²) >= 11 is 5.37. The highest BCUT2D eigenvalue weighted by Gasteiger charge is 2.04. The first-order chi connectivity index (χ1) is 5.74. The van der Waals surface area contributed by atoms with Crippen molar-refractivity contribution in [2.75, 3.05) is 11.2 Å². The number of anilines is 1. The molecule has 0 saturated carbocycles. The highest BCUT2D eigenvalue weighted by molar-refractivity contribution is 6.19. The number of rotatable bonds is 3. The molecule has 12 heavy (non-hydrogen) atoms. The molecule has 0 radical (unpaired) electrons. The Kier molecular flexibility index (Phi) is 3.04. The lowest BCUT2D eigenvalue weighted by Gasteiger charge is -2.00. The minimum Gasteiger partial charge on any atom is -0.295 e. The molecule has 0 aliphatic heterocycles. The Hall–Kier alpha value is -1.10. The van der Waals surface area contributed by atoms with Crippen molar-refractivity contribution in [1.82, 2.24) is 14.8 Å².